The van der Waals surface area contributed by atoms with E-state index in [9.17, 15) is 4.79 Å². The van der Waals surface area contributed by atoms with E-state index in [1.165, 1.54) is 22.9 Å². The number of benzene rings is 2. The van der Waals surface area contributed by atoms with Gasteiger partial charge in [-0.05, 0) is 49.9 Å². The van der Waals surface area contributed by atoms with Gasteiger partial charge in [-0.25, -0.2) is 0 Å². The zero-order valence-corrected chi connectivity index (χ0v) is 17.6. The largest absolute Gasteiger partial charge is 0.349 e. The normalized spacial score (nSPS) is 12.0. The van der Waals surface area contributed by atoms with Crippen LogP contribution >= 0.6 is 11.8 Å². The van der Waals surface area contributed by atoms with Crippen LogP contribution in [0.4, 0.5) is 0 Å². The predicted octanol–water partition coefficient (Wildman–Crippen LogP) is 4.42. The predicted molar refractivity (Wildman–Crippen MR) is 114 cm³/mol. The van der Waals surface area contributed by atoms with E-state index in [0.717, 1.165) is 23.2 Å². The summed E-state index contributed by atoms with van der Waals surface area (Å²) in [4.78, 5) is 12.4. The molecule has 1 unspecified atom stereocenters. The monoisotopic (exact) mass is 394 g/mol. The first-order chi connectivity index (χ1) is 13.5. The van der Waals surface area contributed by atoms with Gasteiger partial charge in [-0.2, -0.15) is 0 Å². The molecule has 1 aromatic heterocycles. The number of aryl methyl sites for hydroxylation is 3. The minimum Gasteiger partial charge on any atom is -0.349 e. The quantitative estimate of drug-likeness (QED) is 0.603. The second kappa shape index (κ2) is 9.06. The van der Waals surface area contributed by atoms with Crippen molar-refractivity contribution in [2.24, 2.45) is 0 Å². The summed E-state index contributed by atoms with van der Waals surface area (Å²) in [5.41, 5.74) is 5.79. The van der Waals surface area contributed by atoms with Crippen molar-refractivity contribution < 1.29 is 4.79 Å². The SMILES string of the molecule is CCc1ccc(C(C)NC(=O)CSc2nncn2-c2ccc(C)cc2C)cc1. The second-order valence-corrected chi connectivity index (χ2v) is 7.89. The summed E-state index contributed by atoms with van der Waals surface area (Å²) in [6, 6.07) is 14.6. The molecule has 6 heteroatoms. The van der Waals surface area contributed by atoms with Gasteiger partial charge in [0.25, 0.3) is 0 Å². The maximum atomic E-state index is 12.4. The maximum absolute atomic E-state index is 12.4. The molecule has 3 rings (SSSR count). The molecule has 1 heterocycles. The fourth-order valence-corrected chi connectivity index (χ4v) is 3.84. The fraction of sp³-hybridized carbons (Fsp3) is 0.318. The van der Waals surface area contributed by atoms with Gasteiger partial charge in [0.05, 0.1) is 17.5 Å². The average molecular weight is 395 g/mol. The molecule has 146 valence electrons. The Balaban J connectivity index is 1.61. The van der Waals surface area contributed by atoms with Crippen molar-refractivity contribution in [1.82, 2.24) is 20.1 Å². The van der Waals surface area contributed by atoms with Crippen molar-refractivity contribution in [3.05, 3.63) is 71.0 Å². The van der Waals surface area contributed by atoms with Crippen LogP contribution in [0.2, 0.25) is 0 Å². The third-order valence-electron chi connectivity index (χ3n) is 4.73. The number of carbonyl (C=O) groups is 1. The number of nitrogens with zero attached hydrogens (tertiary/aromatic N) is 3. The third kappa shape index (κ3) is 4.81. The molecule has 0 aliphatic carbocycles. The molecule has 0 aliphatic heterocycles. The summed E-state index contributed by atoms with van der Waals surface area (Å²) in [6.07, 6.45) is 2.70. The van der Waals surface area contributed by atoms with Crippen LogP contribution in [0.3, 0.4) is 0 Å². The third-order valence-corrected chi connectivity index (χ3v) is 5.67. The molecule has 1 N–H and O–H groups in total. The van der Waals surface area contributed by atoms with Crippen LogP contribution in [0.25, 0.3) is 5.69 Å². The molecule has 28 heavy (non-hydrogen) atoms. The van der Waals surface area contributed by atoms with E-state index in [1.54, 1.807) is 6.33 Å². The van der Waals surface area contributed by atoms with E-state index in [-0.39, 0.29) is 11.9 Å². The maximum Gasteiger partial charge on any atom is 0.230 e. The number of carbonyl (C=O) groups excluding carboxylic acids is 1. The molecular formula is C22H26N4OS. The number of amides is 1. The van der Waals surface area contributed by atoms with Gasteiger partial charge in [0, 0.05) is 0 Å². The van der Waals surface area contributed by atoms with Gasteiger partial charge in [-0.1, -0.05) is 60.6 Å². The summed E-state index contributed by atoms with van der Waals surface area (Å²) in [5, 5.41) is 12.0. The molecule has 2 aromatic carbocycles. The summed E-state index contributed by atoms with van der Waals surface area (Å²) >= 11 is 1.39. The Morgan fingerprint density at radius 1 is 1.18 bits per heavy atom. The number of nitrogens with one attached hydrogen (secondary N) is 1. The van der Waals surface area contributed by atoms with Crippen LogP contribution in [0.15, 0.2) is 53.9 Å². The summed E-state index contributed by atoms with van der Waals surface area (Å²) < 4.78 is 1.93. The Morgan fingerprint density at radius 3 is 2.61 bits per heavy atom. The van der Waals surface area contributed by atoms with E-state index in [0.29, 0.717) is 10.9 Å². The highest BCUT2D eigenvalue weighted by molar-refractivity contribution is 7.99. The van der Waals surface area contributed by atoms with Crippen LogP contribution < -0.4 is 5.32 Å². The minimum atomic E-state index is -0.0313. The van der Waals surface area contributed by atoms with E-state index >= 15 is 0 Å². The molecule has 1 atom stereocenters. The number of hydrogen-bond acceptors (Lipinski definition) is 4. The van der Waals surface area contributed by atoms with Crippen LogP contribution in [0.5, 0.6) is 0 Å². The van der Waals surface area contributed by atoms with Crippen molar-refractivity contribution in [3.63, 3.8) is 0 Å². The van der Waals surface area contributed by atoms with E-state index in [1.807, 2.05) is 11.5 Å². The Bertz CT molecular complexity index is 949. The molecule has 3 aromatic rings. The first kappa shape index (κ1) is 20.1. The Morgan fingerprint density at radius 2 is 1.93 bits per heavy atom. The highest BCUT2D eigenvalue weighted by atomic mass is 32.2. The number of aromatic nitrogens is 3. The molecule has 0 bridgehead atoms. The second-order valence-electron chi connectivity index (χ2n) is 6.95. The lowest BCUT2D eigenvalue weighted by molar-refractivity contribution is -0.119. The minimum absolute atomic E-state index is 0.0211. The van der Waals surface area contributed by atoms with Crippen molar-refractivity contribution >= 4 is 17.7 Å². The molecule has 0 saturated carbocycles. The van der Waals surface area contributed by atoms with Crippen LogP contribution in [0.1, 0.15) is 42.1 Å². The molecule has 0 spiro atoms. The van der Waals surface area contributed by atoms with Gasteiger partial charge in [0.15, 0.2) is 5.16 Å². The molecule has 0 fully saturated rings. The van der Waals surface area contributed by atoms with Crippen molar-refractivity contribution in [2.45, 2.75) is 45.3 Å². The number of rotatable bonds is 7. The first-order valence-electron chi connectivity index (χ1n) is 9.46. The van der Waals surface area contributed by atoms with Crippen molar-refractivity contribution in [2.75, 3.05) is 5.75 Å². The van der Waals surface area contributed by atoms with Crippen LogP contribution in [-0.4, -0.2) is 26.4 Å². The summed E-state index contributed by atoms with van der Waals surface area (Å²) in [5.74, 6) is 0.272. The zero-order valence-electron chi connectivity index (χ0n) is 16.8. The van der Waals surface area contributed by atoms with Crippen LogP contribution in [0, 0.1) is 13.8 Å². The number of thioether (sulfide) groups is 1. The van der Waals surface area contributed by atoms with Gasteiger partial charge in [0.2, 0.25) is 5.91 Å². The topological polar surface area (TPSA) is 59.8 Å². The van der Waals surface area contributed by atoms with Gasteiger partial charge in [0.1, 0.15) is 6.33 Å². The van der Waals surface area contributed by atoms with E-state index in [4.69, 9.17) is 0 Å². The van der Waals surface area contributed by atoms with Gasteiger partial charge < -0.3 is 5.32 Å². The fourth-order valence-electron chi connectivity index (χ4n) is 3.10. The van der Waals surface area contributed by atoms with Crippen molar-refractivity contribution in [1.29, 1.82) is 0 Å². The molecule has 0 aliphatic rings. The lowest BCUT2D eigenvalue weighted by Crippen LogP contribution is -2.28. The Kier molecular flexibility index (Phi) is 6.52. The first-order valence-corrected chi connectivity index (χ1v) is 10.4. The lowest BCUT2D eigenvalue weighted by atomic mass is 10.1. The molecule has 1 amide bonds. The Hall–Kier alpha value is -2.60. The highest BCUT2D eigenvalue weighted by Crippen LogP contribution is 2.23. The number of hydrogen-bond donors (Lipinski definition) is 1. The molecule has 0 radical (unpaired) electrons. The smallest absolute Gasteiger partial charge is 0.230 e. The van der Waals surface area contributed by atoms with E-state index < -0.39 is 0 Å². The van der Waals surface area contributed by atoms with Gasteiger partial charge >= 0.3 is 0 Å². The van der Waals surface area contributed by atoms with Crippen molar-refractivity contribution in [3.8, 4) is 5.69 Å². The van der Waals surface area contributed by atoms with Gasteiger partial charge in [-0.15, -0.1) is 10.2 Å². The molecular weight excluding hydrogens is 368 g/mol. The standard InChI is InChI=1S/C22H26N4OS/c1-5-18-7-9-19(10-8-18)17(4)24-21(27)13-28-22-25-23-14-26(22)20-11-6-15(2)12-16(20)3/h6-12,14,17H,5,13H2,1-4H3,(H,24,27). The van der Waals surface area contributed by atoms with Crippen LogP contribution in [-0.2, 0) is 11.2 Å². The van der Waals surface area contributed by atoms with Gasteiger partial charge in [-0.3, -0.25) is 9.36 Å². The Labute approximate surface area is 170 Å². The molecule has 5 nitrogen and oxygen atoms in total. The summed E-state index contributed by atoms with van der Waals surface area (Å²) in [7, 11) is 0. The van der Waals surface area contributed by atoms with E-state index in [2.05, 4.69) is 78.7 Å². The summed E-state index contributed by atoms with van der Waals surface area (Å²) in [6.45, 7) is 8.27. The lowest BCUT2D eigenvalue weighted by Gasteiger charge is -2.15. The molecule has 0 saturated heterocycles. The highest BCUT2D eigenvalue weighted by Gasteiger charge is 2.14. The average Bonchev–Trinajstić information content (AvgIpc) is 3.14. The zero-order chi connectivity index (χ0) is 20.1.